The van der Waals surface area contributed by atoms with E-state index in [4.69, 9.17) is 9.84 Å². The van der Waals surface area contributed by atoms with Gasteiger partial charge in [-0.3, -0.25) is 4.68 Å². The van der Waals surface area contributed by atoms with Gasteiger partial charge in [0.2, 0.25) is 0 Å². The topological polar surface area (TPSA) is 44.1 Å². The minimum Gasteiger partial charge on any atom is -0.461 e. The molecule has 5 heteroatoms. The van der Waals surface area contributed by atoms with Crippen LogP contribution >= 0.6 is 11.8 Å². The molecule has 2 aliphatic rings. The van der Waals surface area contributed by atoms with E-state index in [0.29, 0.717) is 23.8 Å². The van der Waals surface area contributed by atoms with Gasteiger partial charge in [-0.2, -0.15) is 5.10 Å². The lowest BCUT2D eigenvalue weighted by atomic mass is 9.71. The number of aromatic nitrogens is 2. The molecule has 4 rings (SSSR count). The van der Waals surface area contributed by atoms with E-state index < -0.39 is 0 Å². The molecule has 4 nitrogen and oxygen atoms in total. The van der Waals surface area contributed by atoms with Gasteiger partial charge in [-0.15, -0.1) is 11.8 Å². The molecule has 0 N–H and O–H groups in total. The molecular formula is C23H30N2O2S. The van der Waals surface area contributed by atoms with Gasteiger partial charge in [-0.25, -0.2) is 4.79 Å². The summed E-state index contributed by atoms with van der Waals surface area (Å²) in [5.41, 5.74) is 4.25. The van der Waals surface area contributed by atoms with Crippen LogP contribution in [0.2, 0.25) is 0 Å². The highest BCUT2D eigenvalue weighted by Gasteiger charge is 2.35. The Bertz CT molecular complexity index is 873. The first-order valence-corrected chi connectivity index (χ1v) is 11.4. The van der Waals surface area contributed by atoms with Crippen LogP contribution in [0.1, 0.15) is 75.5 Å². The number of ether oxygens (including phenoxy) is 1. The van der Waals surface area contributed by atoms with Crippen LogP contribution in [0.3, 0.4) is 0 Å². The SMILES string of the molecule is CCOC(=O)c1nn(C2CCC(C(C)(C)C)CC2)c2c1CSc1ccccc1-2. The van der Waals surface area contributed by atoms with Crippen LogP contribution < -0.4 is 0 Å². The zero-order chi connectivity index (χ0) is 19.9. The quantitative estimate of drug-likeness (QED) is 0.585. The third-order valence-corrected chi connectivity index (χ3v) is 7.36. The van der Waals surface area contributed by atoms with Crippen molar-refractivity contribution in [2.45, 2.75) is 70.1 Å². The molecule has 1 aromatic heterocycles. The Morgan fingerprint density at radius 1 is 1.21 bits per heavy atom. The molecule has 0 saturated heterocycles. The van der Waals surface area contributed by atoms with Gasteiger partial charge in [0, 0.05) is 21.8 Å². The summed E-state index contributed by atoms with van der Waals surface area (Å²) in [5, 5.41) is 4.85. The number of nitrogens with zero attached hydrogens (tertiary/aromatic N) is 2. The molecule has 0 amide bonds. The summed E-state index contributed by atoms with van der Waals surface area (Å²) in [7, 11) is 0. The smallest absolute Gasteiger partial charge is 0.359 e. The second kappa shape index (κ2) is 7.58. The van der Waals surface area contributed by atoms with Crippen molar-refractivity contribution < 1.29 is 9.53 Å². The van der Waals surface area contributed by atoms with E-state index in [0.717, 1.165) is 35.8 Å². The second-order valence-electron chi connectivity index (χ2n) is 9.00. The summed E-state index contributed by atoms with van der Waals surface area (Å²) in [6, 6.07) is 8.84. The molecule has 1 aliphatic carbocycles. The molecule has 0 spiro atoms. The Morgan fingerprint density at radius 2 is 1.93 bits per heavy atom. The van der Waals surface area contributed by atoms with Crippen LogP contribution in [-0.4, -0.2) is 22.4 Å². The van der Waals surface area contributed by atoms with Crippen LogP contribution in [0, 0.1) is 11.3 Å². The fraction of sp³-hybridized carbons (Fsp3) is 0.565. The molecule has 1 fully saturated rings. The summed E-state index contributed by atoms with van der Waals surface area (Å²) in [6.07, 6.45) is 4.67. The molecular weight excluding hydrogens is 368 g/mol. The molecule has 2 aromatic rings. The Morgan fingerprint density at radius 3 is 2.61 bits per heavy atom. The van der Waals surface area contributed by atoms with E-state index in [-0.39, 0.29) is 5.97 Å². The molecule has 28 heavy (non-hydrogen) atoms. The third-order valence-electron chi connectivity index (χ3n) is 6.26. The number of rotatable bonds is 3. The summed E-state index contributed by atoms with van der Waals surface area (Å²) in [6.45, 7) is 9.26. The van der Waals surface area contributed by atoms with Gasteiger partial charge in [-0.1, -0.05) is 39.0 Å². The van der Waals surface area contributed by atoms with Crippen molar-refractivity contribution in [3.05, 3.63) is 35.5 Å². The highest BCUT2D eigenvalue weighted by molar-refractivity contribution is 7.98. The highest BCUT2D eigenvalue weighted by Crippen LogP contribution is 2.47. The minimum atomic E-state index is -0.291. The monoisotopic (exact) mass is 398 g/mol. The van der Waals surface area contributed by atoms with E-state index in [2.05, 4.69) is 49.7 Å². The predicted octanol–water partition coefficient (Wildman–Crippen LogP) is 6.11. The van der Waals surface area contributed by atoms with E-state index in [1.54, 1.807) is 11.8 Å². The Hall–Kier alpha value is -1.75. The first-order chi connectivity index (χ1) is 13.4. The van der Waals surface area contributed by atoms with Crippen molar-refractivity contribution in [1.82, 2.24) is 9.78 Å². The van der Waals surface area contributed by atoms with Gasteiger partial charge in [0.15, 0.2) is 5.69 Å². The number of carbonyl (C=O) groups is 1. The lowest BCUT2D eigenvalue weighted by Gasteiger charge is -2.37. The molecule has 0 unspecified atom stereocenters. The minimum absolute atomic E-state index is 0.291. The van der Waals surface area contributed by atoms with Gasteiger partial charge < -0.3 is 4.74 Å². The molecule has 0 atom stereocenters. The van der Waals surface area contributed by atoms with Gasteiger partial charge in [0.1, 0.15) is 0 Å². The lowest BCUT2D eigenvalue weighted by Crippen LogP contribution is -2.27. The van der Waals surface area contributed by atoms with Gasteiger partial charge in [0.25, 0.3) is 0 Å². The summed E-state index contributed by atoms with van der Waals surface area (Å²) < 4.78 is 7.49. The van der Waals surface area contributed by atoms with Crippen molar-refractivity contribution in [2.75, 3.05) is 6.61 Å². The van der Waals surface area contributed by atoms with E-state index in [1.165, 1.54) is 23.3 Å². The van der Waals surface area contributed by atoms with E-state index in [1.807, 2.05) is 6.92 Å². The summed E-state index contributed by atoms with van der Waals surface area (Å²) in [5.74, 6) is 1.24. The second-order valence-corrected chi connectivity index (χ2v) is 10.0. The number of benzene rings is 1. The van der Waals surface area contributed by atoms with E-state index in [9.17, 15) is 4.79 Å². The average Bonchev–Trinajstić information content (AvgIpc) is 3.08. The molecule has 1 saturated carbocycles. The maximum absolute atomic E-state index is 12.6. The predicted molar refractivity (Wildman–Crippen MR) is 114 cm³/mol. The van der Waals surface area contributed by atoms with Crippen molar-refractivity contribution in [3.8, 4) is 11.3 Å². The fourth-order valence-electron chi connectivity index (χ4n) is 4.64. The molecule has 0 radical (unpaired) electrons. The number of esters is 1. The maximum Gasteiger partial charge on any atom is 0.359 e. The molecule has 0 bridgehead atoms. The van der Waals surface area contributed by atoms with Crippen molar-refractivity contribution >= 4 is 17.7 Å². The molecule has 2 heterocycles. The number of hydrogen-bond donors (Lipinski definition) is 0. The van der Waals surface area contributed by atoms with Gasteiger partial charge in [-0.05, 0) is 50.0 Å². The number of hydrogen-bond acceptors (Lipinski definition) is 4. The maximum atomic E-state index is 12.6. The van der Waals surface area contributed by atoms with Gasteiger partial charge >= 0.3 is 5.97 Å². The van der Waals surface area contributed by atoms with Crippen LogP contribution in [0.15, 0.2) is 29.2 Å². The third kappa shape index (κ3) is 3.49. The summed E-state index contributed by atoms with van der Waals surface area (Å²) in [4.78, 5) is 13.9. The largest absolute Gasteiger partial charge is 0.461 e. The zero-order valence-electron chi connectivity index (χ0n) is 17.3. The first kappa shape index (κ1) is 19.6. The van der Waals surface area contributed by atoms with Crippen molar-refractivity contribution in [1.29, 1.82) is 0 Å². The standard InChI is InChI=1S/C23H30N2O2S/c1-5-27-22(26)20-18-14-28-19-9-7-6-8-17(19)21(18)25(24-20)16-12-10-15(11-13-16)23(2,3)4/h6-9,15-16H,5,10-14H2,1-4H3. The first-order valence-electron chi connectivity index (χ1n) is 10.4. The van der Waals surface area contributed by atoms with E-state index >= 15 is 0 Å². The zero-order valence-corrected chi connectivity index (χ0v) is 18.1. The number of carbonyl (C=O) groups excluding carboxylic acids is 1. The van der Waals surface area contributed by atoms with Gasteiger partial charge in [0.05, 0.1) is 18.3 Å². The number of fused-ring (bicyclic) bond motifs is 3. The fourth-order valence-corrected chi connectivity index (χ4v) is 5.71. The Balaban J connectivity index is 1.73. The molecule has 1 aromatic carbocycles. The van der Waals surface area contributed by atoms with Crippen molar-refractivity contribution in [3.63, 3.8) is 0 Å². The van der Waals surface area contributed by atoms with Crippen LogP contribution in [0.25, 0.3) is 11.3 Å². The van der Waals surface area contributed by atoms with Crippen molar-refractivity contribution in [2.24, 2.45) is 11.3 Å². The van der Waals surface area contributed by atoms with Crippen LogP contribution in [0.5, 0.6) is 0 Å². The molecule has 150 valence electrons. The number of thioether (sulfide) groups is 1. The summed E-state index contributed by atoms with van der Waals surface area (Å²) >= 11 is 1.78. The molecule has 1 aliphatic heterocycles. The normalized spacial score (nSPS) is 21.7. The highest BCUT2D eigenvalue weighted by atomic mass is 32.2. The Labute approximate surface area is 172 Å². The van der Waals surface area contributed by atoms with Crippen LogP contribution in [-0.2, 0) is 10.5 Å². The lowest BCUT2D eigenvalue weighted by molar-refractivity contribution is 0.0516. The average molecular weight is 399 g/mol. The Kier molecular flexibility index (Phi) is 5.30. The van der Waals surface area contributed by atoms with Crippen LogP contribution in [0.4, 0.5) is 0 Å².